The van der Waals surface area contributed by atoms with Crippen molar-refractivity contribution in [3.8, 4) is 0 Å². The van der Waals surface area contributed by atoms with Gasteiger partial charge in [-0.2, -0.15) is 28.1 Å². The minimum Gasteiger partial charge on any atom is -0.395 e. The van der Waals surface area contributed by atoms with Crippen molar-refractivity contribution < 1.29 is 18.3 Å². The minimum absolute atomic E-state index is 0.0903. The molecule has 0 fully saturated rings. The van der Waals surface area contributed by atoms with Gasteiger partial charge in [0.2, 0.25) is 17.8 Å². The van der Waals surface area contributed by atoms with Crippen molar-refractivity contribution in [2.75, 3.05) is 29.1 Å². The number of benzene rings is 1. The quantitative estimate of drug-likeness (QED) is 0.419. The van der Waals surface area contributed by atoms with Crippen LogP contribution in [0.5, 0.6) is 0 Å². The number of anilines is 3. The van der Waals surface area contributed by atoms with Crippen molar-refractivity contribution in [1.29, 1.82) is 0 Å². The van der Waals surface area contributed by atoms with Crippen molar-refractivity contribution in [3.05, 3.63) is 65.5 Å². The summed E-state index contributed by atoms with van der Waals surface area (Å²) in [6.07, 6.45) is -2.74. The molecule has 11 heteroatoms. The molecule has 2 heterocycles. The van der Waals surface area contributed by atoms with E-state index < -0.39 is 11.7 Å². The first-order chi connectivity index (χ1) is 14.4. The Labute approximate surface area is 170 Å². The maximum absolute atomic E-state index is 12.9. The van der Waals surface area contributed by atoms with Gasteiger partial charge in [0.05, 0.1) is 24.4 Å². The number of rotatable bonds is 9. The number of nitrogens with one attached hydrogen (secondary N) is 3. The van der Waals surface area contributed by atoms with Gasteiger partial charge >= 0.3 is 6.18 Å². The fourth-order valence-electron chi connectivity index (χ4n) is 2.49. The van der Waals surface area contributed by atoms with E-state index in [0.717, 1.165) is 17.8 Å². The maximum Gasteiger partial charge on any atom is 0.416 e. The van der Waals surface area contributed by atoms with Crippen LogP contribution in [-0.2, 0) is 19.3 Å². The Morgan fingerprint density at radius 2 is 1.53 bits per heavy atom. The number of aliphatic hydroxyl groups excluding tert-OH is 1. The van der Waals surface area contributed by atoms with E-state index in [1.165, 1.54) is 6.07 Å². The molecule has 3 rings (SSSR count). The molecule has 0 unspecified atom stereocenters. The molecule has 0 bridgehead atoms. The zero-order valence-corrected chi connectivity index (χ0v) is 15.8. The molecule has 0 saturated carbocycles. The second-order valence-corrected chi connectivity index (χ2v) is 6.18. The van der Waals surface area contributed by atoms with Crippen LogP contribution >= 0.6 is 0 Å². The number of hydrogen-bond acceptors (Lipinski definition) is 8. The fraction of sp³-hybridized carbons (Fsp3) is 0.263. The van der Waals surface area contributed by atoms with Crippen LogP contribution in [0.1, 0.15) is 16.8 Å². The van der Waals surface area contributed by atoms with E-state index in [1.54, 1.807) is 18.3 Å². The van der Waals surface area contributed by atoms with Crippen LogP contribution in [0.2, 0.25) is 0 Å². The first kappa shape index (κ1) is 21.2. The molecule has 3 aromatic rings. The van der Waals surface area contributed by atoms with Crippen LogP contribution in [0.3, 0.4) is 0 Å². The molecule has 0 saturated heterocycles. The van der Waals surface area contributed by atoms with Gasteiger partial charge in [0.15, 0.2) is 0 Å². The molecule has 0 aliphatic carbocycles. The number of alkyl halides is 3. The Kier molecular flexibility index (Phi) is 6.96. The van der Waals surface area contributed by atoms with Gasteiger partial charge in [0, 0.05) is 19.3 Å². The average Bonchev–Trinajstić information content (AvgIpc) is 2.75. The van der Waals surface area contributed by atoms with Crippen molar-refractivity contribution >= 4 is 17.8 Å². The van der Waals surface area contributed by atoms with E-state index in [-0.39, 0.29) is 37.5 Å². The van der Waals surface area contributed by atoms with E-state index in [2.05, 4.69) is 35.9 Å². The molecule has 30 heavy (non-hydrogen) atoms. The number of pyridine rings is 1. The normalized spacial score (nSPS) is 11.2. The topological polar surface area (TPSA) is 108 Å². The van der Waals surface area contributed by atoms with Crippen LogP contribution in [0.25, 0.3) is 0 Å². The zero-order chi connectivity index (χ0) is 21.4. The highest BCUT2D eigenvalue weighted by molar-refractivity contribution is 5.43. The molecule has 158 valence electrons. The molecule has 4 N–H and O–H groups in total. The summed E-state index contributed by atoms with van der Waals surface area (Å²) in [5.41, 5.74) is 0.486. The van der Waals surface area contributed by atoms with E-state index in [9.17, 15) is 13.2 Å². The summed E-state index contributed by atoms with van der Waals surface area (Å²) in [6.45, 7) is 0.580. The fourth-order valence-corrected chi connectivity index (χ4v) is 2.49. The highest BCUT2D eigenvalue weighted by Crippen LogP contribution is 2.29. The first-order valence-corrected chi connectivity index (χ1v) is 9.08. The predicted molar refractivity (Wildman–Crippen MR) is 106 cm³/mol. The summed E-state index contributed by atoms with van der Waals surface area (Å²) in [4.78, 5) is 16.8. The van der Waals surface area contributed by atoms with Crippen molar-refractivity contribution in [1.82, 2.24) is 19.9 Å². The van der Waals surface area contributed by atoms with Gasteiger partial charge in [-0.25, -0.2) is 0 Å². The Balaban J connectivity index is 1.72. The van der Waals surface area contributed by atoms with Gasteiger partial charge in [-0.1, -0.05) is 18.2 Å². The van der Waals surface area contributed by atoms with Gasteiger partial charge in [0.1, 0.15) is 0 Å². The Morgan fingerprint density at radius 3 is 2.17 bits per heavy atom. The van der Waals surface area contributed by atoms with Gasteiger partial charge in [-0.15, -0.1) is 0 Å². The lowest BCUT2D eigenvalue weighted by Gasteiger charge is -2.12. The molecule has 0 amide bonds. The predicted octanol–water partition coefficient (Wildman–Crippen LogP) is 2.91. The smallest absolute Gasteiger partial charge is 0.395 e. The molecule has 1 aromatic carbocycles. The van der Waals surface area contributed by atoms with Gasteiger partial charge in [0.25, 0.3) is 0 Å². The SMILES string of the molecule is OCCNc1nc(NCc2cccc(C(F)(F)F)c2)nc(NCc2ccccn2)n1. The maximum atomic E-state index is 12.9. The lowest BCUT2D eigenvalue weighted by Crippen LogP contribution is -2.14. The van der Waals surface area contributed by atoms with E-state index in [0.29, 0.717) is 12.1 Å². The van der Waals surface area contributed by atoms with Crippen LogP contribution in [-0.4, -0.2) is 38.2 Å². The van der Waals surface area contributed by atoms with Crippen molar-refractivity contribution in [2.45, 2.75) is 19.3 Å². The number of halogens is 3. The number of aromatic nitrogens is 4. The molecule has 0 atom stereocenters. The summed E-state index contributed by atoms with van der Waals surface area (Å²) >= 11 is 0. The summed E-state index contributed by atoms with van der Waals surface area (Å²) < 4.78 is 38.7. The summed E-state index contributed by atoms with van der Waals surface area (Å²) in [5, 5.41) is 17.8. The second-order valence-electron chi connectivity index (χ2n) is 6.18. The third-order valence-corrected chi connectivity index (χ3v) is 3.89. The summed E-state index contributed by atoms with van der Waals surface area (Å²) in [5.74, 6) is 0.642. The van der Waals surface area contributed by atoms with Gasteiger partial charge < -0.3 is 21.1 Å². The highest BCUT2D eigenvalue weighted by atomic mass is 19.4. The van der Waals surface area contributed by atoms with Crippen LogP contribution in [0.15, 0.2) is 48.7 Å². The second kappa shape index (κ2) is 9.83. The minimum atomic E-state index is -4.41. The molecule has 0 radical (unpaired) electrons. The molecule has 0 aliphatic heterocycles. The molecule has 0 spiro atoms. The van der Waals surface area contributed by atoms with Crippen LogP contribution < -0.4 is 16.0 Å². The first-order valence-electron chi connectivity index (χ1n) is 9.08. The molecular weight excluding hydrogens is 399 g/mol. The van der Waals surface area contributed by atoms with Gasteiger partial charge in [-0.05, 0) is 29.8 Å². The average molecular weight is 419 g/mol. The Hall–Kier alpha value is -3.47. The van der Waals surface area contributed by atoms with Crippen molar-refractivity contribution in [3.63, 3.8) is 0 Å². The lowest BCUT2D eigenvalue weighted by atomic mass is 10.1. The standard InChI is InChI=1S/C19H20F3N7O/c20-19(21,22)14-5-3-4-13(10-14)11-25-17-27-16(24-8-9-30)28-18(29-17)26-12-15-6-1-2-7-23-15/h1-7,10,30H,8-9,11-12H2,(H3,24,25,26,27,28,29). The van der Waals surface area contributed by atoms with E-state index >= 15 is 0 Å². The summed E-state index contributed by atoms with van der Waals surface area (Å²) in [6, 6.07) is 10.5. The number of nitrogens with zero attached hydrogens (tertiary/aromatic N) is 4. The molecular formula is C19H20F3N7O. The zero-order valence-electron chi connectivity index (χ0n) is 15.8. The van der Waals surface area contributed by atoms with Crippen molar-refractivity contribution in [2.24, 2.45) is 0 Å². The Bertz CT molecular complexity index is 954. The molecule has 0 aliphatic rings. The van der Waals surface area contributed by atoms with Crippen LogP contribution in [0, 0.1) is 0 Å². The van der Waals surface area contributed by atoms with E-state index in [4.69, 9.17) is 5.11 Å². The molecule has 8 nitrogen and oxygen atoms in total. The lowest BCUT2D eigenvalue weighted by molar-refractivity contribution is -0.137. The molecule has 2 aromatic heterocycles. The van der Waals surface area contributed by atoms with Crippen LogP contribution in [0.4, 0.5) is 31.0 Å². The third-order valence-electron chi connectivity index (χ3n) is 3.89. The van der Waals surface area contributed by atoms with Gasteiger partial charge in [-0.3, -0.25) is 4.98 Å². The number of hydrogen-bond donors (Lipinski definition) is 4. The monoisotopic (exact) mass is 419 g/mol. The number of aliphatic hydroxyl groups is 1. The Morgan fingerprint density at radius 1 is 0.833 bits per heavy atom. The third kappa shape index (κ3) is 6.27. The summed E-state index contributed by atoms with van der Waals surface area (Å²) in [7, 11) is 0. The van der Waals surface area contributed by atoms with E-state index in [1.807, 2.05) is 12.1 Å². The highest BCUT2D eigenvalue weighted by Gasteiger charge is 2.30. The largest absolute Gasteiger partial charge is 0.416 e.